The molecule has 0 saturated carbocycles. The smallest absolute Gasteiger partial charge is 0.339 e. The molecule has 0 unspecified atom stereocenters. The number of halogens is 1. The number of hydrogen-bond acceptors (Lipinski definition) is 3. The highest BCUT2D eigenvalue weighted by molar-refractivity contribution is 6.32. The van der Waals surface area contributed by atoms with Crippen LogP contribution in [0.1, 0.15) is 34.5 Å². The van der Waals surface area contributed by atoms with Gasteiger partial charge in [0.1, 0.15) is 5.56 Å². The predicted molar refractivity (Wildman–Crippen MR) is 50.6 cm³/mol. The number of fused-ring (bicyclic) bond motifs is 1. The number of aromatic carboxylic acids is 1. The number of carboxylic acid groups (broad SMARTS) is 1. The van der Waals surface area contributed by atoms with Crippen LogP contribution in [0.3, 0.4) is 0 Å². The van der Waals surface area contributed by atoms with E-state index < -0.39 is 5.97 Å². The average molecular weight is 213 g/mol. The lowest BCUT2D eigenvalue weighted by atomic mass is 9.93. The minimum atomic E-state index is -1.01. The first kappa shape index (κ1) is 9.40. The topological polar surface area (TPSA) is 63.1 Å². The first-order valence-corrected chi connectivity index (χ1v) is 4.85. The van der Waals surface area contributed by atoms with Gasteiger partial charge in [0.25, 0.3) is 0 Å². The highest BCUT2D eigenvalue weighted by Crippen LogP contribution is 2.26. The van der Waals surface area contributed by atoms with Gasteiger partial charge in [0.2, 0.25) is 0 Å². The monoisotopic (exact) mass is 212 g/mol. The molecule has 4 nitrogen and oxygen atoms in total. The van der Waals surface area contributed by atoms with Gasteiger partial charge in [-0.15, -0.1) is 5.10 Å². The molecule has 0 aromatic carbocycles. The molecule has 74 valence electrons. The zero-order valence-electron chi connectivity index (χ0n) is 7.46. The quantitative estimate of drug-likeness (QED) is 0.770. The minimum Gasteiger partial charge on any atom is -0.478 e. The van der Waals surface area contributed by atoms with Gasteiger partial charge < -0.3 is 5.11 Å². The Labute approximate surface area is 85.9 Å². The molecule has 2 rings (SSSR count). The van der Waals surface area contributed by atoms with Crippen molar-refractivity contribution in [2.45, 2.75) is 25.7 Å². The summed E-state index contributed by atoms with van der Waals surface area (Å²) < 4.78 is 0. The van der Waals surface area contributed by atoms with Gasteiger partial charge in [0.15, 0.2) is 5.15 Å². The molecule has 1 aromatic heterocycles. The van der Waals surface area contributed by atoms with Gasteiger partial charge in [-0.25, -0.2) is 4.79 Å². The highest BCUT2D eigenvalue weighted by atomic mass is 35.5. The Morgan fingerprint density at radius 2 is 2.00 bits per heavy atom. The second-order valence-corrected chi connectivity index (χ2v) is 3.66. The number of aryl methyl sites for hydroxylation is 1. The third-order valence-electron chi connectivity index (χ3n) is 2.42. The van der Waals surface area contributed by atoms with Crippen molar-refractivity contribution in [1.29, 1.82) is 0 Å². The zero-order valence-corrected chi connectivity index (χ0v) is 8.21. The summed E-state index contributed by atoms with van der Waals surface area (Å²) in [6.45, 7) is 0. The van der Waals surface area contributed by atoms with Gasteiger partial charge in [-0.05, 0) is 31.2 Å². The maximum atomic E-state index is 10.9. The second-order valence-electron chi connectivity index (χ2n) is 3.30. The maximum Gasteiger partial charge on any atom is 0.339 e. The number of carboxylic acids is 1. The Balaban J connectivity index is 2.60. The van der Waals surface area contributed by atoms with Crippen molar-refractivity contribution in [3.8, 4) is 0 Å². The van der Waals surface area contributed by atoms with Gasteiger partial charge in [0.05, 0.1) is 5.69 Å². The number of nitrogens with zero attached hydrogens (tertiary/aromatic N) is 2. The molecule has 0 aliphatic heterocycles. The fourth-order valence-corrected chi connectivity index (χ4v) is 2.00. The lowest BCUT2D eigenvalue weighted by Crippen LogP contribution is -2.14. The number of aromatic nitrogens is 2. The molecule has 5 heteroatoms. The molecule has 0 radical (unpaired) electrons. The average Bonchev–Trinajstić information content (AvgIpc) is 2.17. The highest BCUT2D eigenvalue weighted by Gasteiger charge is 2.22. The molecule has 1 N–H and O–H groups in total. The summed E-state index contributed by atoms with van der Waals surface area (Å²) in [5, 5.41) is 16.5. The Bertz CT molecular complexity index is 393. The van der Waals surface area contributed by atoms with Crippen molar-refractivity contribution in [2.75, 3.05) is 0 Å². The van der Waals surface area contributed by atoms with Crippen molar-refractivity contribution >= 4 is 17.6 Å². The lowest BCUT2D eigenvalue weighted by Gasteiger charge is -2.15. The molecule has 0 fully saturated rings. The Morgan fingerprint density at radius 1 is 1.29 bits per heavy atom. The van der Waals surface area contributed by atoms with Crippen molar-refractivity contribution in [2.24, 2.45) is 0 Å². The van der Waals surface area contributed by atoms with Crippen molar-refractivity contribution in [3.63, 3.8) is 0 Å². The van der Waals surface area contributed by atoms with Crippen LogP contribution in [0.25, 0.3) is 0 Å². The first-order chi connectivity index (χ1) is 6.70. The van der Waals surface area contributed by atoms with E-state index in [9.17, 15) is 4.79 Å². The largest absolute Gasteiger partial charge is 0.478 e. The molecular weight excluding hydrogens is 204 g/mol. The summed E-state index contributed by atoms with van der Waals surface area (Å²) in [5.74, 6) is -1.01. The van der Waals surface area contributed by atoms with Crippen LogP contribution in [0.2, 0.25) is 5.15 Å². The molecule has 1 aliphatic rings. The normalized spacial score (nSPS) is 14.9. The predicted octanol–water partition coefficient (Wildman–Crippen LogP) is 1.71. The second kappa shape index (κ2) is 3.53. The summed E-state index contributed by atoms with van der Waals surface area (Å²) in [7, 11) is 0. The van der Waals surface area contributed by atoms with Gasteiger partial charge in [-0.3, -0.25) is 0 Å². The summed E-state index contributed by atoms with van der Waals surface area (Å²) in [5.41, 5.74) is 1.69. The van der Waals surface area contributed by atoms with E-state index in [1.165, 1.54) is 0 Å². The number of hydrogen-bond donors (Lipinski definition) is 1. The van der Waals surface area contributed by atoms with Crippen LogP contribution in [0, 0.1) is 0 Å². The minimum absolute atomic E-state index is 0.00171. The molecule has 1 aromatic rings. The fraction of sp³-hybridized carbons (Fsp3) is 0.444. The molecule has 0 spiro atoms. The Kier molecular flexibility index (Phi) is 2.37. The van der Waals surface area contributed by atoms with Crippen LogP contribution >= 0.6 is 11.6 Å². The van der Waals surface area contributed by atoms with Crippen LogP contribution in [0.4, 0.5) is 0 Å². The van der Waals surface area contributed by atoms with E-state index in [1.807, 2.05) is 0 Å². The first-order valence-electron chi connectivity index (χ1n) is 4.47. The van der Waals surface area contributed by atoms with Crippen molar-refractivity contribution < 1.29 is 9.90 Å². The van der Waals surface area contributed by atoms with Crippen molar-refractivity contribution in [3.05, 3.63) is 22.0 Å². The van der Waals surface area contributed by atoms with Crippen LogP contribution < -0.4 is 0 Å². The number of rotatable bonds is 1. The van der Waals surface area contributed by atoms with Gasteiger partial charge in [-0.2, -0.15) is 5.10 Å². The summed E-state index contributed by atoms with van der Waals surface area (Å²) in [4.78, 5) is 10.9. The van der Waals surface area contributed by atoms with Crippen LogP contribution in [0.5, 0.6) is 0 Å². The SMILES string of the molecule is O=C(O)c1c(Cl)nnc2c1CCCC2. The van der Waals surface area contributed by atoms with E-state index in [1.54, 1.807) is 0 Å². The summed E-state index contributed by atoms with van der Waals surface area (Å²) in [6.07, 6.45) is 3.59. The standard InChI is InChI=1S/C9H9ClN2O2/c10-8-7(9(13)14)5-3-1-2-4-6(5)11-12-8/h1-4H2,(H,13,14). The van der Waals surface area contributed by atoms with E-state index in [2.05, 4.69) is 10.2 Å². The fourth-order valence-electron chi connectivity index (χ4n) is 1.77. The third kappa shape index (κ3) is 1.46. The summed E-state index contributed by atoms with van der Waals surface area (Å²) >= 11 is 5.70. The molecule has 14 heavy (non-hydrogen) atoms. The Morgan fingerprint density at radius 3 is 2.71 bits per heavy atom. The lowest BCUT2D eigenvalue weighted by molar-refractivity contribution is 0.0694. The van der Waals surface area contributed by atoms with E-state index in [-0.39, 0.29) is 10.7 Å². The van der Waals surface area contributed by atoms with E-state index in [0.29, 0.717) is 0 Å². The molecule has 1 aliphatic carbocycles. The summed E-state index contributed by atoms with van der Waals surface area (Å²) in [6, 6.07) is 0. The van der Waals surface area contributed by atoms with Crippen LogP contribution in [0.15, 0.2) is 0 Å². The molecule has 0 atom stereocenters. The van der Waals surface area contributed by atoms with E-state index >= 15 is 0 Å². The van der Waals surface area contributed by atoms with Crippen molar-refractivity contribution in [1.82, 2.24) is 10.2 Å². The van der Waals surface area contributed by atoms with Crippen LogP contribution in [-0.2, 0) is 12.8 Å². The molecule has 0 saturated heterocycles. The van der Waals surface area contributed by atoms with E-state index in [0.717, 1.165) is 36.9 Å². The van der Waals surface area contributed by atoms with E-state index in [4.69, 9.17) is 16.7 Å². The Hall–Kier alpha value is -1.16. The van der Waals surface area contributed by atoms with Gasteiger partial charge in [0, 0.05) is 0 Å². The molecule has 1 heterocycles. The molecule has 0 bridgehead atoms. The zero-order chi connectivity index (χ0) is 10.1. The van der Waals surface area contributed by atoms with Crippen LogP contribution in [-0.4, -0.2) is 21.3 Å². The van der Waals surface area contributed by atoms with Gasteiger partial charge in [-0.1, -0.05) is 11.6 Å². The number of carbonyl (C=O) groups is 1. The van der Waals surface area contributed by atoms with Gasteiger partial charge >= 0.3 is 5.97 Å². The molecular formula is C9H9ClN2O2. The molecule has 0 amide bonds. The third-order valence-corrected chi connectivity index (χ3v) is 2.68. The maximum absolute atomic E-state index is 10.9.